The molecule has 108 valence electrons. The van der Waals surface area contributed by atoms with Gasteiger partial charge in [-0.2, -0.15) is 0 Å². The highest BCUT2D eigenvalue weighted by molar-refractivity contribution is 7.89. The molecule has 0 heterocycles. The monoisotopic (exact) mass is 281 g/mol. The number of hydrogen-bond acceptors (Lipinski definition) is 5. The van der Waals surface area contributed by atoms with Gasteiger partial charge in [0, 0.05) is 13.2 Å². The van der Waals surface area contributed by atoms with Crippen LogP contribution >= 0.6 is 0 Å². The third-order valence-corrected chi connectivity index (χ3v) is 3.93. The third-order valence-electron chi connectivity index (χ3n) is 2.59. The molecule has 0 aromatic rings. The lowest BCUT2D eigenvalue weighted by atomic mass is 10.0. The summed E-state index contributed by atoms with van der Waals surface area (Å²) in [5, 5.41) is 8.79. The van der Waals surface area contributed by atoms with Crippen molar-refractivity contribution in [1.29, 1.82) is 0 Å². The van der Waals surface area contributed by atoms with Crippen molar-refractivity contribution in [3.8, 4) is 0 Å². The first-order chi connectivity index (χ1) is 8.45. The number of carbonyl (C=O) groups is 1. The molecule has 2 N–H and O–H groups in total. The van der Waals surface area contributed by atoms with E-state index in [2.05, 4.69) is 9.46 Å². The maximum Gasteiger partial charge on any atom is 0.306 e. The van der Waals surface area contributed by atoms with Gasteiger partial charge in [0.1, 0.15) is 0 Å². The van der Waals surface area contributed by atoms with E-state index in [1.165, 1.54) is 0 Å². The zero-order valence-corrected chi connectivity index (χ0v) is 11.8. The van der Waals surface area contributed by atoms with E-state index >= 15 is 0 Å². The fourth-order valence-corrected chi connectivity index (χ4v) is 2.47. The first kappa shape index (κ1) is 17.3. The van der Waals surface area contributed by atoms with E-state index in [0.29, 0.717) is 13.0 Å². The van der Waals surface area contributed by atoms with Crippen molar-refractivity contribution in [1.82, 2.24) is 4.72 Å². The van der Waals surface area contributed by atoms with E-state index in [-0.39, 0.29) is 31.3 Å². The Hall–Kier alpha value is -0.660. The Morgan fingerprint density at radius 1 is 1.39 bits per heavy atom. The van der Waals surface area contributed by atoms with Crippen molar-refractivity contribution >= 4 is 16.0 Å². The fraction of sp³-hybridized carbons (Fsp3) is 0.909. The quantitative estimate of drug-likeness (QED) is 0.561. The summed E-state index contributed by atoms with van der Waals surface area (Å²) in [4.78, 5) is 11.0. The van der Waals surface area contributed by atoms with Gasteiger partial charge in [-0.05, 0) is 19.3 Å². The van der Waals surface area contributed by atoms with Crippen LogP contribution in [0.15, 0.2) is 0 Å². The molecule has 0 radical (unpaired) electrons. The van der Waals surface area contributed by atoms with Crippen molar-refractivity contribution < 1.29 is 23.1 Å². The highest BCUT2D eigenvalue weighted by Gasteiger charge is 2.15. The van der Waals surface area contributed by atoms with Gasteiger partial charge < -0.3 is 9.84 Å². The van der Waals surface area contributed by atoms with Gasteiger partial charge in [0.05, 0.1) is 18.8 Å². The Morgan fingerprint density at radius 2 is 2.06 bits per heavy atom. The molecular formula is C11H23NO5S. The zero-order valence-electron chi connectivity index (χ0n) is 11.0. The lowest BCUT2D eigenvalue weighted by Gasteiger charge is -2.14. The highest BCUT2D eigenvalue weighted by atomic mass is 32.2. The van der Waals surface area contributed by atoms with Gasteiger partial charge in [-0.15, -0.1) is 0 Å². The minimum absolute atomic E-state index is 0.0447. The Balaban J connectivity index is 4.03. The Kier molecular flexibility index (Phi) is 8.95. The summed E-state index contributed by atoms with van der Waals surface area (Å²) < 4.78 is 30.3. The molecule has 1 unspecified atom stereocenters. The number of aliphatic hydroxyl groups is 1. The minimum atomic E-state index is -3.45. The average molecular weight is 281 g/mol. The van der Waals surface area contributed by atoms with Crippen LogP contribution in [0.5, 0.6) is 0 Å². The lowest BCUT2D eigenvalue weighted by Crippen LogP contribution is -2.32. The molecule has 0 aliphatic carbocycles. The van der Waals surface area contributed by atoms with Crippen LogP contribution in [0.2, 0.25) is 0 Å². The SMILES string of the molecule is CCOC(=O)CCS(=O)(=O)NCC(CC)CCO. The van der Waals surface area contributed by atoms with Crippen molar-refractivity contribution in [2.24, 2.45) is 5.92 Å². The Labute approximate surface area is 109 Å². The molecule has 0 bridgehead atoms. The summed E-state index contributed by atoms with van der Waals surface area (Å²) >= 11 is 0. The molecule has 18 heavy (non-hydrogen) atoms. The maximum absolute atomic E-state index is 11.6. The van der Waals surface area contributed by atoms with Crippen molar-refractivity contribution in [2.75, 3.05) is 25.5 Å². The third kappa shape index (κ3) is 8.43. The number of rotatable bonds is 10. The molecule has 1 atom stereocenters. The molecule has 7 heteroatoms. The van der Waals surface area contributed by atoms with Gasteiger partial charge in [-0.3, -0.25) is 4.79 Å². The van der Waals surface area contributed by atoms with Gasteiger partial charge in [0.2, 0.25) is 10.0 Å². The summed E-state index contributed by atoms with van der Waals surface area (Å²) in [7, 11) is -3.45. The Morgan fingerprint density at radius 3 is 2.56 bits per heavy atom. The maximum atomic E-state index is 11.6. The van der Waals surface area contributed by atoms with Gasteiger partial charge in [-0.25, -0.2) is 13.1 Å². The number of carbonyl (C=O) groups excluding carboxylic acids is 1. The van der Waals surface area contributed by atoms with E-state index in [1.807, 2.05) is 6.92 Å². The van der Waals surface area contributed by atoms with Gasteiger partial charge in [0.15, 0.2) is 0 Å². The molecule has 0 saturated carbocycles. The highest BCUT2D eigenvalue weighted by Crippen LogP contribution is 2.06. The van der Waals surface area contributed by atoms with Gasteiger partial charge in [0.25, 0.3) is 0 Å². The lowest BCUT2D eigenvalue weighted by molar-refractivity contribution is -0.142. The second-order valence-electron chi connectivity index (χ2n) is 4.01. The minimum Gasteiger partial charge on any atom is -0.466 e. The van der Waals surface area contributed by atoms with Crippen molar-refractivity contribution in [3.05, 3.63) is 0 Å². The first-order valence-electron chi connectivity index (χ1n) is 6.19. The van der Waals surface area contributed by atoms with Crippen LogP contribution in [0.1, 0.15) is 33.1 Å². The number of esters is 1. The topological polar surface area (TPSA) is 92.7 Å². The van der Waals surface area contributed by atoms with Crippen LogP contribution in [0.3, 0.4) is 0 Å². The summed E-state index contributed by atoms with van der Waals surface area (Å²) in [6, 6.07) is 0. The number of aliphatic hydroxyl groups excluding tert-OH is 1. The Bertz CT molecular complexity index is 328. The zero-order chi connectivity index (χ0) is 14.0. The molecular weight excluding hydrogens is 258 g/mol. The normalized spacial score (nSPS) is 13.3. The first-order valence-corrected chi connectivity index (χ1v) is 7.84. The van der Waals surface area contributed by atoms with Crippen LogP contribution in [0, 0.1) is 5.92 Å². The van der Waals surface area contributed by atoms with Gasteiger partial charge >= 0.3 is 5.97 Å². The molecule has 0 amide bonds. The number of hydrogen-bond donors (Lipinski definition) is 2. The summed E-state index contributed by atoms with van der Waals surface area (Å²) in [6.07, 6.45) is 1.22. The molecule has 0 rings (SSSR count). The van der Waals surface area contributed by atoms with Crippen LogP contribution < -0.4 is 4.72 Å². The smallest absolute Gasteiger partial charge is 0.306 e. The second kappa shape index (κ2) is 9.29. The van der Waals surface area contributed by atoms with Gasteiger partial charge in [-0.1, -0.05) is 13.3 Å². The molecule has 6 nitrogen and oxygen atoms in total. The predicted octanol–water partition coefficient (Wildman–Crippen LogP) is 0.268. The van der Waals surface area contributed by atoms with E-state index in [9.17, 15) is 13.2 Å². The van der Waals surface area contributed by atoms with Crippen LogP contribution in [0.4, 0.5) is 0 Å². The number of sulfonamides is 1. The molecule has 0 fully saturated rings. The molecule has 0 aliphatic heterocycles. The fourth-order valence-electron chi connectivity index (χ4n) is 1.40. The van der Waals surface area contributed by atoms with E-state index in [0.717, 1.165) is 6.42 Å². The molecule has 0 aromatic carbocycles. The number of nitrogens with one attached hydrogen (secondary N) is 1. The molecule has 0 aliphatic rings. The standard InChI is InChI=1S/C11H23NO5S/c1-3-10(5-7-13)9-12-18(15,16)8-6-11(14)17-4-2/h10,12-13H,3-9H2,1-2H3. The van der Waals surface area contributed by atoms with Crippen LogP contribution in [-0.2, 0) is 19.6 Å². The van der Waals surface area contributed by atoms with E-state index in [4.69, 9.17) is 5.11 Å². The second-order valence-corrected chi connectivity index (χ2v) is 5.94. The predicted molar refractivity (Wildman–Crippen MR) is 68.5 cm³/mol. The summed E-state index contributed by atoms with van der Waals surface area (Å²) in [6.45, 7) is 4.20. The van der Waals surface area contributed by atoms with E-state index in [1.54, 1.807) is 6.92 Å². The van der Waals surface area contributed by atoms with Crippen molar-refractivity contribution in [3.63, 3.8) is 0 Å². The van der Waals surface area contributed by atoms with Crippen LogP contribution in [-0.4, -0.2) is 45.0 Å². The van der Waals surface area contributed by atoms with Crippen LogP contribution in [0.25, 0.3) is 0 Å². The summed E-state index contributed by atoms with van der Waals surface area (Å²) in [5.74, 6) is -0.654. The molecule has 0 saturated heterocycles. The molecule has 0 aromatic heterocycles. The van der Waals surface area contributed by atoms with Crippen molar-refractivity contribution in [2.45, 2.75) is 33.1 Å². The van der Waals surface area contributed by atoms with E-state index < -0.39 is 16.0 Å². The largest absolute Gasteiger partial charge is 0.466 e. The average Bonchev–Trinajstić information content (AvgIpc) is 2.32. The molecule has 0 spiro atoms. The summed E-state index contributed by atoms with van der Waals surface area (Å²) in [5.41, 5.74) is 0. The number of ether oxygens (including phenoxy) is 1.